The summed E-state index contributed by atoms with van der Waals surface area (Å²) in [4.78, 5) is 9.25. The molecule has 1 rings (SSSR count). The molecule has 1 N–H and O–H groups in total. The van der Waals surface area contributed by atoms with Crippen molar-refractivity contribution in [3.05, 3.63) is 34.1 Å². The summed E-state index contributed by atoms with van der Waals surface area (Å²) < 4.78 is 39.8. The molecule has 9 heteroatoms. The number of nitro benzene ring substituents is 1. The molecule has 6 nitrogen and oxygen atoms in total. The van der Waals surface area contributed by atoms with Crippen LogP contribution in [0.15, 0.2) is 23.1 Å². The number of nitrogens with one attached hydrogen (secondary N) is 1. The maximum absolute atomic E-state index is 13.4. The Morgan fingerprint density at radius 1 is 1.50 bits per heavy atom. The minimum Gasteiger partial charge on any atom is -0.258 e. The lowest BCUT2D eigenvalue weighted by atomic mass is 10.3. The molecule has 1 unspecified atom stereocenters. The monoisotopic (exact) mass is 322 g/mol. The molecule has 1 atom stereocenters. The van der Waals surface area contributed by atoms with Crippen LogP contribution >= 0.6 is 11.8 Å². The maximum Gasteiger partial charge on any atom is 0.304 e. The van der Waals surface area contributed by atoms with Gasteiger partial charge in [0.1, 0.15) is 0 Å². The summed E-state index contributed by atoms with van der Waals surface area (Å²) in [6, 6.07) is 2.20. The van der Waals surface area contributed by atoms with E-state index in [4.69, 9.17) is 0 Å². The van der Waals surface area contributed by atoms with Crippen molar-refractivity contribution >= 4 is 27.5 Å². The molecular weight excluding hydrogens is 307 g/mol. The van der Waals surface area contributed by atoms with Gasteiger partial charge in [-0.2, -0.15) is 16.2 Å². The van der Waals surface area contributed by atoms with Gasteiger partial charge in [0, 0.05) is 23.9 Å². The van der Waals surface area contributed by atoms with Gasteiger partial charge in [-0.25, -0.2) is 13.1 Å². The molecule has 0 heterocycles. The average Bonchev–Trinajstić information content (AvgIpc) is 2.35. The summed E-state index contributed by atoms with van der Waals surface area (Å²) >= 11 is 1.57. The van der Waals surface area contributed by atoms with Gasteiger partial charge in [0.2, 0.25) is 15.8 Å². The van der Waals surface area contributed by atoms with Crippen molar-refractivity contribution in [2.45, 2.75) is 24.8 Å². The zero-order valence-corrected chi connectivity index (χ0v) is 12.6. The number of hydrogen-bond donors (Lipinski definition) is 1. The molecule has 0 aliphatic heterocycles. The summed E-state index contributed by atoms with van der Waals surface area (Å²) in [5, 5.41) is 10.5. The van der Waals surface area contributed by atoms with E-state index in [0.29, 0.717) is 11.8 Å². The maximum atomic E-state index is 13.4. The van der Waals surface area contributed by atoms with Gasteiger partial charge in [0.05, 0.1) is 9.82 Å². The molecule has 20 heavy (non-hydrogen) atoms. The van der Waals surface area contributed by atoms with Crippen LogP contribution in [0.5, 0.6) is 0 Å². The van der Waals surface area contributed by atoms with Crippen molar-refractivity contribution in [3.63, 3.8) is 0 Å². The molecule has 0 saturated heterocycles. The van der Waals surface area contributed by atoms with Gasteiger partial charge in [-0.1, -0.05) is 6.92 Å². The molecule has 0 aliphatic carbocycles. The van der Waals surface area contributed by atoms with E-state index in [2.05, 4.69) is 4.72 Å². The number of halogens is 1. The van der Waals surface area contributed by atoms with Crippen LogP contribution in [-0.2, 0) is 10.0 Å². The van der Waals surface area contributed by atoms with Crippen LogP contribution in [0.1, 0.15) is 13.8 Å². The molecule has 1 aromatic rings. The van der Waals surface area contributed by atoms with E-state index < -0.39 is 26.5 Å². The molecule has 0 fully saturated rings. The fourth-order valence-electron chi connectivity index (χ4n) is 1.46. The highest BCUT2D eigenvalue weighted by molar-refractivity contribution is 7.99. The summed E-state index contributed by atoms with van der Waals surface area (Å²) in [7, 11) is -3.88. The van der Waals surface area contributed by atoms with Crippen LogP contribution < -0.4 is 4.72 Å². The fraction of sp³-hybridized carbons (Fsp3) is 0.455. The first-order valence-electron chi connectivity index (χ1n) is 5.82. The average molecular weight is 322 g/mol. The fourth-order valence-corrected chi connectivity index (χ4v) is 3.50. The van der Waals surface area contributed by atoms with E-state index in [-0.39, 0.29) is 10.9 Å². The topological polar surface area (TPSA) is 89.3 Å². The highest BCUT2D eigenvalue weighted by Gasteiger charge is 2.22. The standard InChI is InChI=1S/C11H15FN2O4S2/c1-3-19-7-8(2)13-20(17,18)9-4-5-11(14(15)16)10(12)6-9/h4-6,8,13H,3,7H2,1-2H3. The predicted octanol–water partition coefficient (Wildman–Crippen LogP) is 2.15. The Balaban J connectivity index is 2.93. The van der Waals surface area contributed by atoms with E-state index in [1.54, 1.807) is 18.7 Å². The van der Waals surface area contributed by atoms with Crippen LogP contribution in [-0.4, -0.2) is 30.9 Å². The van der Waals surface area contributed by atoms with Crippen LogP contribution in [0.3, 0.4) is 0 Å². The van der Waals surface area contributed by atoms with Crippen molar-refractivity contribution in [3.8, 4) is 0 Å². The van der Waals surface area contributed by atoms with Crippen LogP contribution in [0, 0.1) is 15.9 Å². The number of benzene rings is 1. The van der Waals surface area contributed by atoms with Crippen molar-refractivity contribution in [2.75, 3.05) is 11.5 Å². The van der Waals surface area contributed by atoms with E-state index in [0.717, 1.165) is 17.9 Å². The molecule has 0 spiro atoms. The first-order chi connectivity index (χ1) is 9.27. The second-order valence-electron chi connectivity index (χ2n) is 4.05. The van der Waals surface area contributed by atoms with Crippen molar-refractivity contribution in [1.82, 2.24) is 4.72 Å². The summed E-state index contributed by atoms with van der Waals surface area (Å²) in [5.41, 5.74) is -0.751. The first kappa shape index (κ1) is 16.9. The summed E-state index contributed by atoms with van der Waals surface area (Å²) in [5.74, 6) is 0.275. The van der Waals surface area contributed by atoms with Gasteiger partial charge >= 0.3 is 5.69 Å². The third-order valence-corrected chi connectivity index (χ3v) is 5.09. The summed E-state index contributed by atoms with van der Waals surface area (Å²) in [6.07, 6.45) is 0. The van der Waals surface area contributed by atoms with Gasteiger partial charge in [0.25, 0.3) is 0 Å². The lowest BCUT2D eigenvalue weighted by Gasteiger charge is -2.13. The number of sulfonamides is 1. The molecule has 0 saturated carbocycles. The van der Waals surface area contributed by atoms with Crippen LogP contribution in [0.2, 0.25) is 0 Å². The Hall–Kier alpha value is -1.19. The Morgan fingerprint density at radius 3 is 2.65 bits per heavy atom. The third-order valence-electron chi connectivity index (χ3n) is 2.35. The number of nitrogens with zero attached hydrogens (tertiary/aromatic N) is 1. The highest BCUT2D eigenvalue weighted by Crippen LogP contribution is 2.21. The third kappa shape index (κ3) is 4.43. The van der Waals surface area contributed by atoms with Gasteiger partial charge in [-0.05, 0) is 18.7 Å². The number of thioether (sulfide) groups is 1. The molecule has 0 aromatic heterocycles. The predicted molar refractivity (Wildman–Crippen MR) is 75.8 cm³/mol. The Morgan fingerprint density at radius 2 is 2.15 bits per heavy atom. The van der Waals surface area contributed by atoms with Crippen LogP contribution in [0.4, 0.5) is 10.1 Å². The smallest absolute Gasteiger partial charge is 0.258 e. The molecule has 0 aliphatic rings. The van der Waals surface area contributed by atoms with Crippen molar-refractivity contribution in [2.24, 2.45) is 0 Å². The Bertz CT molecular complexity index is 592. The van der Waals surface area contributed by atoms with Gasteiger partial charge < -0.3 is 0 Å². The first-order valence-corrected chi connectivity index (χ1v) is 8.45. The number of nitro groups is 1. The zero-order valence-electron chi connectivity index (χ0n) is 11.0. The van der Waals surface area contributed by atoms with Crippen LogP contribution in [0.25, 0.3) is 0 Å². The molecule has 0 bridgehead atoms. The highest BCUT2D eigenvalue weighted by atomic mass is 32.2. The Labute approximate surface area is 121 Å². The summed E-state index contributed by atoms with van der Waals surface area (Å²) in [6.45, 7) is 3.65. The zero-order chi connectivity index (χ0) is 15.3. The second-order valence-corrected chi connectivity index (χ2v) is 7.09. The van der Waals surface area contributed by atoms with E-state index >= 15 is 0 Å². The van der Waals surface area contributed by atoms with Gasteiger partial charge in [-0.15, -0.1) is 0 Å². The molecule has 0 amide bonds. The molecule has 0 radical (unpaired) electrons. The van der Waals surface area contributed by atoms with Gasteiger partial charge in [-0.3, -0.25) is 10.1 Å². The van der Waals surface area contributed by atoms with E-state index in [9.17, 15) is 22.9 Å². The lowest BCUT2D eigenvalue weighted by Crippen LogP contribution is -2.34. The Kier molecular flexibility index (Phi) is 5.90. The minimum atomic E-state index is -3.88. The van der Waals surface area contributed by atoms with E-state index in [1.165, 1.54) is 0 Å². The molecular formula is C11H15FN2O4S2. The van der Waals surface area contributed by atoms with Crippen molar-refractivity contribution < 1.29 is 17.7 Å². The molecule has 1 aromatic carbocycles. The quantitative estimate of drug-likeness (QED) is 0.614. The number of hydrogen-bond acceptors (Lipinski definition) is 5. The second kappa shape index (κ2) is 7.00. The number of rotatable bonds is 7. The van der Waals surface area contributed by atoms with E-state index in [1.807, 2.05) is 6.92 Å². The SMILES string of the molecule is CCSCC(C)NS(=O)(=O)c1ccc([N+](=O)[O-])c(F)c1. The largest absolute Gasteiger partial charge is 0.304 e. The lowest BCUT2D eigenvalue weighted by molar-refractivity contribution is -0.387. The van der Waals surface area contributed by atoms with Gasteiger partial charge in [0.15, 0.2) is 0 Å². The molecule has 112 valence electrons. The minimum absolute atomic E-state index is 0.316. The normalized spacial score (nSPS) is 13.2. The van der Waals surface area contributed by atoms with Crippen molar-refractivity contribution in [1.29, 1.82) is 0 Å².